The minimum absolute atomic E-state index is 0.0789. The van der Waals surface area contributed by atoms with E-state index in [0.717, 1.165) is 0 Å². The van der Waals surface area contributed by atoms with Gasteiger partial charge in [0.2, 0.25) is 5.91 Å². The van der Waals surface area contributed by atoms with E-state index in [9.17, 15) is 9.59 Å². The maximum atomic E-state index is 12.3. The maximum absolute atomic E-state index is 12.3. The largest absolute Gasteiger partial charge is 0.437 e. The van der Waals surface area contributed by atoms with E-state index in [4.69, 9.17) is 9.16 Å². The number of β-lactam (4-membered cyclic amide) rings is 1. The molecule has 0 spiro atoms. The molecule has 1 N–H and O–H groups in total. The number of carbonyl (C=O) groups is 2. The highest BCUT2D eigenvalue weighted by molar-refractivity contribution is 5.98. The average Bonchev–Trinajstić information content (AvgIpc) is 2.51. The minimum Gasteiger partial charge on any atom is -0.437 e. The molecule has 1 aromatic rings. The van der Waals surface area contributed by atoms with Crippen LogP contribution >= 0.6 is 0 Å². The lowest BCUT2D eigenvalue weighted by Gasteiger charge is -2.51. The summed E-state index contributed by atoms with van der Waals surface area (Å²) >= 11 is 0. The monoisotopic (exact) mass is 349 g/mol. The van der Waals surface area contributed by atoms with Crippen molar-refractivity contribution in [3.05, 3.63) is 35.9 Å². The zero-order chi connectivity index (χ0) is 18.1. The fourth-order valence-corrected chi connectivity index (χ4v) is 3.95. The third kappa shape index (κ3) is 3.70. The first-order valence-corrected chi connectivity index (χ1v) is 9.01. The molecular formula is C18H27NO4Si. The Morgan fingerprint density at radius 1 is 1.17 bits per heavy atom. The van der Waals surface area contributed by atoms with Crippen LogP contribution < -0.4 is 5.32 Å². The molecule has 0 bridgehead atoms. The number of benzene rings is 1. The molecule has 0 aliphatic carbocycles. The number of hydrogen-bond acceptors (Lipinski definition) is 4. The first-order chi connectivity index (χ1) is 11.1. The van der Waals surface area contributed by atoms with Crippen LogP contribution in [0.5, 0.6) is 0 Å². The van der Waals surface area contributed by atoms with Gasteiger partial charge in [0.05, 0.1) is 11.2 Å². The lowest BCUT2D eigenvalue weighted by atomic mass is 9.63. The normalized spacial score (nSPS) is 22.5. The highest BCUT2D eigenvalue weighted by Crippen LogP contribution is 2.45. The van der Waals surface area contributed by atoms with Gasteiger partial charge in [-0.1, -0.05) is 39.0 Å². The van der Waals surface area contributed by atoms with Crippen LogP contribution in [0, 0.1) is 17.3 Å². The Balaban J connectivity index is 2.21. The van der Waals surface area contributed by atoms with Gasteiger partial charge in [-0.15, -0.1) is 0 Å². The van der Waals surface area contributed by atoms with E-state index < -0.39 is 23.7 Å². The molecule has 132 valence electrons. The first kappa shape index (κ1) is 18.7. The Morgan fingerprint density at radius 2 is 1.75 bits per heavy atom. The summed E-state index contributed by atoms with van der Waals surface area (Å²) in [5.74, 6) is -1.01. The number of ether oxygens (including phenoxy) is 1. The van der Waals surface area contributed by atoms with E-state index in [-0.39, 0.29) is 17.2 Å². The highest BCUT2D eigenvalue weighted by Gasteiger charge is 2.55. The average molecular weight is 350 g/mol. The van der Waals surface area contributed by atoms with Crippen LogP contribution in [-0.4, -0.2) is 34.2 Å². The van der Waals surface area contributed by atoms with E-state index in [0.29, 0.717) is 16.0 Å². The van der Waals surface area contributed by atoms with Crippen molar-refractivity contribution in [1.29, 1.82) is 0 Å². The minimum atomic E-state index is -0.620. The van der Waals surface area contributed by atoms with E-state index in [1.54, 1.807) is 24.3 Å². The molecule has 0 unspecified atom stereocenters. The molecule has 1 amide bonds. The van der Waals surface area contributed by atoms with Crippen LogP contribution in [0.15, 0.2) is 30.3 Å². The Morgan fingerprint density at radius 3 is 2.21 bits per heavy atom. The van der Waals surface area contributed by atoms with Gasteiger partial charge >= 0.3 is 5.97 Å². The van der Waals surface area contributed by atoms with Crippen molar-refractivity contribution in [1.82, 2.24) is 5.32 Å². The summed E-state index contributed by atoms with van der Waals surface area (Å²) in [4.78, 5) is 24.6. The molecule has 1 aromatic carbocycles. The summed E-state index contributed by atoms with van der Waals surface area (Å²) in [6, 6.07) is 8.80. The van der Waals surface area contributed by atoms with Crippen molar-refractivity contribution in [2.45, 2.75) is 46.4 Å². The fourth-order valence-electron chi connectivity index (χ4n) is 3.69. The van der Waals surface area contributed by atoms with Crippen molar-refractivity contribution in [2.75, 3.05) is 0 Å². The third-order valence-electron chi connectivity index (χ3n) is 4.72. The van der Waals surface area contributed by atoms with Crippen LogP contribution in [-0.2, 0) is 14.0 Å². The van der Waals surface area contributed by atoms with Crippen molar-refractivity contribution in [3.63, 3.8) is 0 Å². The quantitative estimate of drug-likeness (QED) is 0.499. The third-order valence-corrected chi connectivity index (χ3v) is 5.78. The van der Waals surface area contributed by atoms with Crippen molar-refractivity contribution in [3.8, 4) is 0 Å². The summed E-state index contributed by atoms with van der Waals surface area (Å²) in [6.45, 7) is 10.3. The molecule has 1 aliphatic rings. The van der Waals surface area contributed by atoms with Gasteiger partial charge in [0.1, 0.15) is 16.4 Å². The standard InChI is InChI=1S/C18H27NO4Si/c1-17(2,3)13(18(4,5)23-24)12-14(20)19-15(12)22-16(21)11-9-7-6-8-10-11/h6-10,12-13,15H,1-5,24H3,(H,19,20)/t12-,13+,15+/m0/s1. The van der Waals surface area contributed by atoms with Crippen molar-refractivity contribution < 1.29 is 18.8 Å². The molecule has 1 fully saturated rings. The number of hydrogen-bond donors (Lipinski definition) is 1. The van der Waals surface area contributed by atoms with E-state index in [2.05, 4.69) is 26.1 Å². The van der Waals surface area contributed by atoms with Gasteiger partial charge in [-0.05, 0) is 31.4 Å². The second kappa shape index (κ2) is 6.68. The zero-order valence-corrected chi connectivity index (χ0v) is 17.3. The SMILES string of the molecule is CC(C)(C)[C@@H]([C@H]1C(=O)N[C@@H]1OC(=O)c1ccccc1)C(C)(C)O[SiH3]. The number of nitrogens with one attached hydrogen (secondary N) is 1. The second-order valence-electron chi connectivity index (χ2n) is 7.88. The number of amides is 1. The van der Waals surface area contributed by atoms with Crippen LogP contribution in [0.25, 0.3) is 0 Å². The van der Waals surface area contributed by atoms with E-state index >= 15 is 0 Å². The molecule has 2 rings (SSSR count). The predicted octanol–water partition coefficient (Wildman–Crippen LogP) is 1.65. The lowest BCUT2D eigenvalue weighted by molar-refractivity contribution is -0.168. The van der Waals surface area contributed by atoms with Crippen LogP contribution in [0.2, 0.25) is 0 Å². The topological polar surface area (TPSA) is 64.6 Å². The smallest absolute Gasteiger partial charge is 0.340 e. The molecular weight excluding hydrogens is 322 g/mol. The van der Waals surface area contributed by atoms with Gasteiger partial charge in [-0.25, -0.2) is 4.79 Å². The maximum Gasteiger partial charge on any atom is 0.340 e. The highest BCUT2D eigenvalue weighted by atomic mass is 28.2. The van der Waals surface area contributed by atoms with Gasteiger partial charge < -0.3 is 14.5 Å². The van der Waals surface area contributed by atoms with Crippen molar-refractivity contribution in [2.24, 2.45) is 17.3 Å². The summed E-state index contributed by atoms with van der Waals surface area (Å²) < 4.78 is 11.3. The van der Waals surface area contributed by atoms with Crippen LogP contribution in [0.1, 0.15) is 45.0 Å². The van der Waals surface area contributed by atoms with Gasteiger partial charge in [0, 0.05) is 5.92 Å². The molecule has 24 heavy (non-hydrogen) atoms. The van der Waals surface area contributed by atoms with Crippen molar-refractivity contribution >= 4 is 22.4 Å². The van der Waals surface area contributed by atoms with Gasteiger partial charge in [-0.2, -0.15) is 0 Å². The lowest BCUT2D eigenvalue weighted by Crippen LogP contribution is -2.67. The van der Waals surface area contributed by atoms with Crippen LogP contribution in [0.4, 0.5) is 0 Å². The predicted molar refractivity (Wildman–Crippen MR) is 95.3 cm³/mol. The molecule has 1 heterocycles. The summed E-state index contributed by atoms with van der Waals surface area (Å²) in [5.41, 5.74) is -0.166. The van der Waals surface area contributed by atoms with Gasteiger partial charge in [-0.3, -0.25) is 4.79 Å². The molecule has 6 heteroatoms. The molecule has 0 aromatic heterocycles. The molecule has 5 nitrogen and oxygen atoms in total. The van der Waals surface area contributed by atoms with Gasteiger partial charge in [0.15, 0.2) is 6.23 Å². The summed E-state index contributed by atoms with van der Waals surface area (Å²) in [7, 11) is 0.577. The fraction of sp³-hybridized carbons (Fsp3) is 0.556. The Labute approximate surface area is 146 Å². The Bertz CT molecular complexity index is 609. The number of esters is 1. The molecule has 0 saturated carbocycles. The van der Waals surface area contributed by atoms with E-state index in [1.165, 1.54) is 0 Å². The molecule has 1 saturated heterocycles. The molecule has 1 aliphatic heterocycles. The molecule has 0 radical (unpaired) electrons. The molecule has 3 atom stereocenters. The Hall–Kier alpha value is -1.66. The second-order valence-corrected chi connectivity index (χ2v) is 8.29. The number of rotatable bonds is 5. The van der Waals surface area contributed by atoms with Gasteiger partial charge in [0.25, 0.3) is 0 Å². The Kier molecular flexibility index (Phi) is 5.20. The first-order valence-electron chi connectivity index (χ1n) is 8.19. The zero-order valence-electron chi connectivity index (χ0n) is 15.3. The number of carbonyl (C=O) groups excluding carboxylic acids is 2. The van der Waals surface area contributed by atoms with Crippen LogP contribution in [0.3, 0.4) is 0 Å². The van der Waals surface area contributed by atoms with E-state index in [1.807, 2.05) is 19.9 Å². The summed E-state index contributed by atoms with van der Waals surface area (Å²) in [6.07, 6.45) is -0.620. The summed E-state index contributed by atoms with van der Waals surface area (Å²) in [5, 5.41) is 2.72.